The van der Waals surface area contributed by atoms with E-state index in [-0.39, 0.29) is 17.9 Å². The third-order valence-corrected chi connectivity index (χ3v) is 4.15. The number of carbonyl (C=O) groups is 2. The van der Waals surface area contributed by atoms with E-state index in [0.29, 0.717) is 22.7 Å². The van der Waals surface area contributed by atoms with Crippen molar-refractivity contribution in [3.05, 3.63) is 54.1 Å². The average Bonchev–Trinajstić information content (AvgIpc) is 2.68. The highest BCUT2D eigenvalue weighted by Crippen LogP contribution is 2.27. The number of amides is 2. The maximum absolute atomic E-state index is 12.4. The van der Waals surface area contributed by atoms with Crippen LogP contribution < -0.4 is 20.1 Å². The van der Waals surface area contributed by atoms with Crippen molar-refractivity contribution in [3.63, 3.8) is 0 Å². The van der Waals surface area contributed by atoms with Crippen molar-refractivity contribution < 1.29 is 19.1 Å². The van der Waals surface area contributed by atoms with Gasteiger partial charge in [-0.05, 0) is 56.7 Å². The van der Waals surface area contributed by atoms with Gasteiger partial charge in [0.1, 0.15) is 0 Å². The second kappa shape index (κ2) is 9.62. The van der Waals surface area contributed by atoms with Gasteiger partial charge in [-0.2, -0.15) is 0 Å². The Morgan fingerprint density at radius 2 is 1.63 bits per heavy atom. The van der Waals surface area contributed by atoms with Gasteiger partial charge in [-0.1, -0.05) is 19.1 Å². The number of hydrogen-bond donors (Lipinski definition) is 2. The summed E-state index contributed by atoms with van der Waals surface area (Å²) in [5, 5.41) is 5.69. The standard InChI is InChI=1S/C21H26N2O4/c1-5-14(2)22-21(25)16-10-12-17(13-11-16)23-20(24)15(3)27-19-9-7-6-8-18(19)26-4/h6-15H,5H2,1-4H3,(H,22,25)(H,23,24). The van der Waals surface area contributed by atoms with Crippen LogP contribution in [0.1, 0.15) is 37.6 Å². The molecule has 0 spiro atoms. The normalized spacial score (nSPS) is 12.6. The predicted octanol–water partition coefficient (Wildman–Crippen LogP) is 3.63. The van der Waals surface area contributed by atoms with Gasteiger partial charge in [0.15, 0.2) is 17.6 Å². The summed E-state index contributed by atoms with van der Waals surface area (Å²) in [5.74, 6) is 0.640. The highest BCUT2D eigenvalue weighted by atomic mass is 16.5. The summed E-state index contributed by atoms with van der Waals surface area (Å²) in [7, 11) is 1.55. The lowest BCUT2D eigenvalue weighted by atomic mass is 10.1. The SMILES string of the molecule is CCC(C)NC(=O)c1ccc(NC(=O)C(C)Oc2ccccc2OC)cc1. The first-order valence-corrected chi connectivity index (χ1v) is 8.96. The molecule has 2 unspecified atom stereocenters. The van der Waals surface area contributed by atoms with E-state index < -0.39 is 6.10 Å². The molecule has 2 aromatic carbocycles. The van der Waals surface area contributed by atoms with Crippen LogP contribution in [-0.2, 0) is 4.79 Å². The van der Waals surface area contributed by atoms with Gasteiger partial charge in [-0.3, -0.25) is 9.59 Å². The Morgan fingerprint density at radius 3 is 2.22 bits per heavy atom. The average molecular weight is 370 g/mol. The molecule has 0 saturated carbocycles. The van der Waals surface area contributed by atoms with Crippen LogP contribution in [0.5, 0.6) is 11.5 Å². The summed E-state index contributed by atoms with van der Waals surface area (Å²) >= 11 is 0. The Labute approximate surface area is 159 Å². The van der Waals surface area contributed by atoms with Crippen molar-refractivity contribution >= 4 is 17.5 Å². The number of ether oxygens (including phenoxy) is 2. The molecule has 2 N–H and O–H groups in total. The topological polar surface area (TPSA) is 76.7 Å². The number of nitrogens with one attached hydrogen (secondary N) is 2. The van der Waals surface area contributed by atoms with Gasteiger partial charge < -0.3 is 20.1 Å². The lowest BCUT2D eigenvalue weighted by molar-refractivity contribution is -0.122. The molecule has 0 aromatic heterocycles. The van der Waals surface area contributed by atoms with Crippen LogP contribution >= 0.6 is 0 Å². The molecule has 2 rings (SSSR count). The summed E-state index contributed by atoms with van der Waals surface area (Å²) in [6.07, 6.45) is 0.152. The summed E-state index contributed by atoms with van der Waals surface area (Å²) in [6, 6.07) is 14.0. The van der Waals surface area contributed by atoms with Gasteiger partial charge in [0.05, 0.1) is 7.11 Å². The second-order valence-electron chi connectivity index (χ2n) is 6.26. The predicted molar refractivity (Wildman–Crippen MR) is 105 cm³/mol. The van der Waals surface area contributed by atoms with E-state index in [0.717, 1.165) is 6.42 Å². The minimum absolute atomic E-state index is 0.116. The van der Waals surface area contributed by atoms with Crippen molar-refractivity contribution in [2.75, 3.05) is 12.4 Å². The summed E-state index contributed by atoms with van der Waals surface area (Å²) in [5.41, 5.74) is 1.14. The molecule has 0 bridgehead atoms. The first-order chi connectivity index (χ1) is 12.9. The van der Waals surface area contributed by atoms with Gasteiger partial charge in [-0.25, -0.2) is 0 Å². The van der Waals surface area contributed by atoms with Gasteiger partial charge >= 0.3 is 0 Å². The molecule has 0 aliphatic heterocycles. The highest BCUT2D eigenvalue weighted by molar-refractivity contribution is 5.97. The van der Waals surface area contributed by atoms with Crippen molar-refractivity contribution in [2.24, 2.45) is 0 Å². The fourth-order valence-corrected chi connectivity index (χ4v) is 2.32. The Morgan fingerprint density at radius 1 is 1.00 bits per heavy atom. The highest BCUT2D eigenvalue weighted by Gasteiger charge is 2.17. The van der Waals surface area contributed by atoms with Gasteiger partial charge in [0, 0.05) is 17.3 Å². The molecule has 2 amide bonds. The largest absolute Gasteiger partial charge is 0.493 e. The number of rotatable bonds is 8. The number of para-hydroxylation sites is 2. The minimum Gasteiger partial charge on any atom is -0.493 e. The van der Waals surface area contributed by atoms with Crippen LogP contribution in [0.3, 0.4) is 0 Å². The third-order valence-electron chi connectivity index (χ3n) is 4.15. The lowest BCUT2D eigenvalue weighted by Crippen LogP contribution is -2.32. The zero-order chi connectivity index (χ0) is 19.8. The van der Waals surface area contributed by atoms with E-state index >= 15 is 0 Å². The molecule has 144 valence electrons. The van der Waals surface area contributed by atoms with E-state index in [1.165, 1.54) is 0 Å². The maximum atomic E-state index is 12.4. The van der Waals surface area contributed by atoms with Crippen molar-refractivity contribution in [1.82, 2.24) is 5.32 Å². The van der Waals surface area contributed by atoms with E-state index in [2.05, 4.69) is 10.6 Å². The third kappa shape index (κ3) is 5.74. The molecule has 0 saturated heterocycles. The summed E-state index contributed by atoms with van der Waals surface area (Å²) < 4.78 is 10.9. The van der Waals surface area contributed by atoms with E-state index in [9.17, 15) is 9.59 Å². The molecule has 27 heavy (non-hydrogen) atoms. The molecule has 2 aromatic rings. The molecule has 0 heterocycles. The first kappa shape index (κ1) is 20.3. The molecule has 0 radical (unpaired) electrons. The smallest absolute Gasteiger partial charge is 0.265 e. The second-order valence-corrected chi connectivity index (χ2v) is 6.26. The summed E-state index contributed by atoms with van der Waals surface area (Å²) in [4.78, 5) is 24.5. The van der Waals surface area contributed by atoms with Gasteiger partial charge in [0.2, 0.25) is 0 Å². The van der Waals surface area contributed by atoms with Crippen LogP contribution in [0.15, 0.2) is 48.5 Å². The number of methoxy groups -OCH3 is 1. The molecule has 6 heteroatoms. The number of benzene rings is 2. The Bertz CT molecular complexity index is 774. The van der Waals surface area contributed by atoms with Crippen LogP contribution in [-0.4, -0.2) is 31.1 Å². The fourth-order valence-electron chi connectivity index (χ4n) is 2.32. The number of hydrogen-bond acceptors (Lipinski definition) is 4. The fraction of sp³-hybridized carbons (Fsp3) is 0.333. The molecule has 0 aliphatic rings. The quantitative estimate of drug-likeness (QED) is 0.744. The van der Waals surface area contributed by atoms with Crippen LogP contribution in [0.25, 0.3) is 0 Å². The maximum Gasteiger partial charge on any atom is 0.265 e. The molecule has 0 aliphatic carbocycles. The Kier molecular flexibility index (Phi) is 7.23. The minimum atomic E-state index is -0.713. The molecule has 2 atom stereocenters. The molecule has 6 nitrogen and oxygen atoms in total. The van der Waals surface area contributed by atoms with Gasteiger partial charge in [0.25, 0.3) is 11.8 Å². The van der Waals surface area contributed by atoms with E-state index in [4.69, 9.17) is 9.47 Å². The van der Waals surface area contributed by atoms with Gasteiger partial charge in [-0.15, -0.1) is 0 Å². The zero-order valence-electron chi connectivity index (χ0n) is 16.1. The molecule has 0 fully saturated rings. The zero-order valence-corrected chi connectivity index (χ0v) is 16.1. The van der Waals surface area contributed by atoms with E-state index in [1.807, 2.05) is 26.0 Å². The van der Waals surface area contributed by atoms with Crippen LogP contribution in [0.4, 0.5) is 5.69 Å². The van der Waals surface area contributed by atoms with Crippen LogP contribution in [0, 0.1) is 0 Å². The summed E-state index contributed by atoms with van der Waals surface area (Å²) in [6.45, 7) is 5.63. The number of anilines is 1. The monoisotopic (exact) mass is 370 g/mol. The molecular weight excluding hydrogens is 344 g/mol. The first-order valence-electron chi connectivity index (χ1n) is 8.96. The Balaban J connectivity index is 1.96. The molecular formula is C21H26N2O4. The number of carbonyl (C=O) groups excluding carboxylic acids is 2. The van der Waals surface area contributed by atoms with Crippen molar-refractivity contribution in [2.45, 2.75) is 39.3 Å². The lowest BCUT2D eigenvalue weighted by Gasteiger charge is -2.17. The van der Waals surface area contributed by atoms with Crippen molar-refractivity contribution in [3.8, 4) is 11.5 Å². The Hall–Kier alpha value is -3.02. The van der Waals surface area contributed by atoms with Crippen LogP contribution in [0.2, 0.25) is 0 Å². The van der Waals surface area contributed by atoms with E-state index in [1.54, 1.807) is 50.4 Å². The van der Waals surface area contributed by atoms with Crippen molar-refractivity contribution in [1.29, 1.82) is 0 Å².